The van der Waals surface area contributed by atoms with Gasteiger partial charge in [0, 0.05) is 30.2 Å². The van der Waals surface area contributed by atoms with Crippen molar-refractivity contribution in [2.75, 3.05) is 20.6 Å². The van der Waals surface area contributed by atoms with Crippen LogP contribution < -0.4 is 0 Å². The summed E-state index contributed by atoms with van der Waals surface area (Å²) in [5.74, 6) is 0.126. The number of carbonyl (C=O) groups is 1. The Kier molecular flexibility index (Phi) is 5.08. The number of hydrogen-bond donors (Lipinski definition) is 0. The number of likely N-dealkylation sites (tertiary alicyclic amines) is 1. The van der Waals surface area contributed by atoms with E-state index in [4.69, 9.17) is 0 Å². The molecule has 0 radical (unpaired) electrons. The van der Waals surface area contributed by atoms with E-state index in [1.165, 1.54) is 5.56 Å². The van der Waals surface area contributed by atoms with Gasteiger partial charge in [0.05, 0.1) is 6.04 Å². The number of hydrogen-bond acceptors (Lipinski definition) is 4. The van der Waals surface area contributed by atoms with Crippen molar-refractivity contribution in [2.24, 2.45) is 0 Å². The number of piperidine rings is 1. The maximum atomic E-state index is 12.9. The van der Waals surface area contributed by atoms with Gasteiger partial charge in [-0.25, -0.2) is 4.98 Å². The van der Waals surface area contributed by atoms with Crippen molar-refractivity contribution in [3.63, 3.8) is 0 Å². The highest BCUT2D eigenvalue weighted by Gasteiger charge is 2.30. The Hall–Kier alpha value is -1.72. The zero-order chi connectivity index (χ0) is 16.2. The van der Waals surface area contributed by atoms with Crippen molar-refractivity contribution in [1.29, 1.82) is 0 Å². The molecule has 2 aromatic rings. The van der Waals surface area contributed by atoms with Gasteiger partial charge in [-0.3, -0.25) is 4.79 Å². The van der Waals surface area contributed by atoms with Gasteiger partial charge in [-0.15, -0.1) is 11.3 Å². The van der Waals surface area contributed by atoms with Gasteiger partial charge in [-0.2, -0.15) is 0 Å². The molecule has 2 heterocycles. The first kappa shape index (κ1) is 16.1. The van der Waals surface area contributed by atoms with Crippen LogP contribution in [-0.4, -0.2) is 41.3 Å². The summed E-state index contributed by atoms with van der Waals surface area (Å²) < 4.78 is 0. The number of thiazole rings is 1. The van der Waals surface area contributed by atoms with E-state index >= 15 is 0 Å². The molecular weight excluding hydrogens is 306 g/mol. The molecule has 1 fully saturated rings. The highest BCUT2D eigenvalue weighted by molar-refractivity contribution is 7.09. The molecule has 1 saturated heterocycles. The molecule has 1 aliphatic heterocycles. The molecule has 1 aliphatic rings. The van der Waals surface area contributed by atoms with Crippen LogP contribution in [0.4, 0.5) is 0 Å². The van der Waals surface area contributed by atoms with Crippen molar-refractivity contribution in [2.45, 2.75) is 31.8 Å². The van der Waals surface area contributed by atoms with E-state index in [2.05, 4.69) is 22.0 Å². The number of carbonyl (C=O) groups excluding carboxylic acids is 1. The topological polar surface area (TPSA) is 36.4 Å². The standard InChI is InChI=1S/C18H23N3OS/c1-20(2)13-14-6-8-15(9-7-14)18(22)21-11-4-3-5-16(21)17-19-10-12-23-17/h6-10,12,16H,3-5,11,13H2,1-2H3/t16-/m0/s1. The van der Waals surface area contributed by atoms with Gasteiger partial charge < -0.3 is 9.80 Å². The highest BCUT2D eigenvalue weighted by atomic mass is 32.1. The average molecular weight is 329 g/mol. The van der Waals surface area contributed by atoms with Gasteiger partial charge in [-0.05, 0) is 51.1 Å². The van der Waals surface area contributed by atoms with Gasteiger partial charge in [0.15, 0.2) is 0 Å². The lowest BCUT2D eigenvalue weighted by Crippen LogP contribution is -2.38. The quantitative estimate of drug-likeness (QED) is 0.860. The monoisotopic (exact) mass is 329 g/mol. The van der Waals surface area contributed by atoms with Crippen LogP contribution in [0.3, 0.4) is 0 Å². The smallest absolute Gasteiger partial charge is 0.254 e. The van der Waals surface area contributed by atoms with Crippen molar-refractivity contribution in [3.05, 3.63) is 52.0 Å². The van der Waals surface area contributed by atoms with Crippen LogP contribution in [0.5, 0.6) is 0 Å². The van der Waals surface area contributed by atoms with Gasteiger partial charge in [0.2, 0.25) is 0 Å². The van der Waals surface area contributed by atoms with E-state index in [-0.39, 0.29) is 11.9 Å². The second-order valence-corrected chi connectivity index (χ2v) is 7.24. The largest absolute Gasteiger partial charge is 0.329 e. The molecule has 3 rings (SSSR count). The summed E-state index contributed by atoms with van der Waals surface area (Å²) in [6, 6.07) is 8.15. The average Bonchev–Trinajstić information content (AvgIpc) is 3.09. The van der Waals surface area contributed by atoms with Crippen LogP contribution in [0.25, 0.3) is 0 Å². The maximum absolute atomic E-state index is 12.9. The Balaban J connectivity index is 1.77. The minimum Gasteiger partial charge on any atom is -0.329 e. The lowest BCUT2D eigenvalue weighted by atomic mass is 10.0. The lowest BCUT2D eigenvalue weighted by molar-refractivity contribution is 0.0611. The third-order valence-electron chi connectivity index (χ3n) is 4.20. The molecule has 4 nitrogen and oxygen atoms in total. The summed E-state index contributed by atoms with van der Waals surface area (Å²) in [6.07, 6.45) is 5.08. The fourth-order valence-corrected chi connectivity index (χ4v) is 3.90. The van der Waals surface area contributed by atoms with Gasteiger partial charge in [-0.1, -0.05) is 12.1 Å². The molecule has 0 spiro atoms. The van der Waals surface area contributed by atoms with E-state index in [1.54, 1.807) is 11.3 Å². The molecule has 0 bridgehead atoms. The first-order chi connectivity index (χ1) is 11.1. The molecule has 23 heavy (non-hydrogen) atoms. The number of aromatic nitrogens is 1. The van der Waals surface area contributed by atoms with Crippen molar-refractivity contribution in [1.82, 2.24) is 14.8 Å². The first-order valence-electron chi connectivity index (χ1n) is 8.09. The van der Waals surface area contributed by atoms with E-state index in [9.17, 15) is 4.79 Å². The Morgan fingerprint density at radius 3 is 2.74 bits per heavy atom. The molecular formula is C18H23N3OS. The van der Waals surface area contributed by atoms with E-state index in [1.807, 2.05) is 42.7 Å². The second kappa shape index (κ2) is 7.23. The fraction of sp³-hybridized carbons (Fsp3) is 0.444. The van der Waals surface area contributed by atoms with Gasteiger partial charge >= 0.3 is 0 Å². The summed E-state index contributed by atoms with van der Waals surface area (Å²) in [6.45, 7) is 1.71. The number of nitrogens with zero attached hydrogens (tertiary/aromatic N) is 3. The fourth-order valence-electron chi connectivity index (χ4n) is 3.11. The Morgan fingerprint density at radius 2 is 2.09 bits per heavy atom. The normalized spacial score (nSPS) is 18.4. The zero-order valence-corrected chi connectivity index (χ0v) is 14.6. The molecule has 1 aromatic heterocycles. The second-order valence-electron chi connectivity index (χ2n) is 6.32. The van der Waals surface area contributed by atoms with E-state index < -0.39 is 0 Å². The molecule has 1 aromatic carbocycles. The molecule has 1 atom stereocenters. The summed E-state index contributed by atoms with van der Waals surface area (Å²) in [5, 5.41) is 3.05. The lowest BCUT2D eigenvalue weighted by Gasteiger charge is -2.34. The minimum atomic E-state index is 0.126. The Labute approximate surface area is 141 Å². The minimum absolute atomic E-state index is 0.126. The summed E-state index contributed by atoms with van der Waals surface area (Å²) >= 11 is 1.64. The zero-order valence-electron chi connectivity index (χ0n) is 13.7. The number of rotatable bonds is 4. The number of benzene rings is 1. The highest BCUT2D eigenvalue weighted by Crippen LogP contribution is 2.33. The third-order valence-corrected chi connectivity index (χ3v) is 5.08. The van der Waals surface area contributed by atoms with Crippen LogP contribution in [0.15, 0.2) is 35.8 Å². The van der Waals surface area contributed by atoms with Gasteiger partial charge in [0.1, 0.15) is 5.01 Å². The molecule has 0 saturated carbocycles. The van der Waals surface area contributed by atoms with Crippen molar-refractivity contribution in [3.8, 4) is 0 Å². The predicted molar refractivity (Wildman–Crippen MR) is 93.6 cm³/mol. The van der Waals surface area contributed by atoms with Gasteiger partial charge in [0.25, 0.3) is 5.91 Å². The van der Waals surface area contributed by atoms with Crippen LogP contribution in [0.2, 0.25) is 0 Å². The molecule has 5 heteroatoms. The third kappa shape index (κ3) is 3.79. The van der Waals surface area contributed by atoms with Crippen molar-refractivity contribution < 1.29 is 4.79 Å². The molecule has 0 N–H and O–H groups in total. The van der Waals surface area contributed by atoms with E-state index in [0.29, 0.717) is 0 Å². The molecule has 0 unspecified atom stereocenters. The van der Waals surface area contributed by atoms with Crippen LogP contribution >= 0.6 is 11.3 Å². The van der Waals surface area contributed by atoms with Crippen LogP contribution in [0, 0.1) is 0 Å². The summed E-state index contributed by atoms with van der Waals surface area (Å²) in [7, 11) is 4.09. The van der Waals surface area contributed by atoms with Crippen LogP contribution in [-0.2, 0) is 6.54 Å². The van der Waals surface area contributed by atoms with E-state index in [0.717, 1.165) is 42.9 Å². The number of amides is 1. The first-order valence-corrected chi connectivity index (χ1v) is 8.97. The maximum Gasteiger partial charge on any atom is 0.254 e. The molecule has 122 valence electrons. The molecule has 1 amide bonds. The predicted octanol–water partition coefficient (Wildman–Crippen LogP) is 3.57. The molecule has 0 aliphatic carbocycles. The Bertz CT molecular complexity index is 637. The summed E-state index contributed by atoms with van der Waals surface area (Å²) in [5.41, 5.74) is 2.00. The SMILES string of the molecule is CN(C)Cc1ccc(C(=O)N2CCCC[C@H]2c2nccs2)cc1. The van der Waals surface area contributed by atoms with Crippen molar-refractivity contribution >= 4 is 17.2 Å². The van der Waals surface area contributed by atoms with Crippen LogP contribution in [0.1, 0.15) is 46.2 Å². The summed E-state index contributed by atoms with van der Waals surface area (Å²) in [4.78, 5) is 21.5. The Morgan fingerprint density at radius 1 is 1.30 bits per heavy atom.